The molecule has 3 N–H and O–H groups in total. The second-order valence-electron chi connectivity index (χ2n) is 7.39. The first-order chi connectivity index (χ1) is 15.8. The van der Waals surface area contributed by atoms with Crippen LogP contribution in [0.25, 0.3) is 32.4 Å². The molecule has 8 nitrogen and oxygen atoms in total. The van der Waals surface area contributed by atoms with Crippen molar-refractivity contribution in [2.45, 2.75) is 20.8 Å². The fraction of sp³-hybridized carbons (Fsp3) is 0.125. The SMILES string of the molecule is Cc1cccc2[nH]c(=O)oc12.Cc1cccc2[nH]c(=O)sc12.Cc1cccc2oc(=O)[nH]c12. The molecule has 3 aromatic heterocycles. The average molecular weight is 464 g/mol. The van der Waals surface area contributed by atoms with Crippen LogP contribution in [0.2, 0.25) is 0 Å². The maximum atomic E-state index is 10.9. The summed E-state index contributed by atoms with van der Waals surface area (Å²) in [6.45, 7) is 5.83. The lowest BCUT2D eigenvalue weighted by Crippen LogP contribution is -1.93. The Bertz CT molecular complexity index is 1520. The van der Waals surface area contributed by atoms with Crippen molar-refractivity contribution in [1.29, 1.82) is 0 Å². The lowest BCUT2D eigenvalue weighted by Gasteiger charge is -1.90. The Hall–Kier alpha value is -4.11. The Balaban J connectivity index is 0.000000118. The van der Waals surface area contributed by atoms with Gasteiger partial charge in [0.15, 0.2) is 11.2 Å². The van der Waals surface area contributed by atoms with Crippen LogP contribution in [0, 0.1) is 20.8 Å². The van der Waals surface area contributed by atoms with Gasteiger partial charge in [0, 0.05) is 0 Å². The standard InChI is InChI=1S/2C8H7NO2.C8H7NOS/c1-5-3-2-4-6-7(5)9-8(10)11-6;2*1-5-3-2-4-6-7(5)11-8(10)9-6/h3*2-4H,1H3,(H,9,10). The summed E-state index contributed by atoms with van der Waals surface area (Å²) in [4.78, 5) is 40.3. The molecule has 0 saturated heterocycles. The van der Waals surface area contributed by atoms with E-state index in [2.05, 4.69) is 15.0 Å². The predicted octanol–water partition coefficient (Wildman–Crippen LogP) is 4.76. The molecule has 0 amide bonds. The van der Waals surface area contributed by atoms with Crippen LogP contribution in [-0.2, 0) is 0 Å². The van der Waals surface area contributed by atoms with Gasteiger partial charge in [0.25, 0.3) is 0 Å². The van der Waals surface area contributed by atoms with E-state index in [-0.39, 0.29) is 4.87 Å². The van der Waals surface area contributed by atoms with Gasteiger partial charge in [0.2, 0.25) is 0 Å². The number of oxazole rings is 2. The third kappa shape index (κ3) is 4.88. The van der Waals surface area contributed by atoms with Crippen LogP contribution in [0.1, 0.15) is 16.7 Å². The van der Waals surface area contributed by atoms with Gasteiger partial charge < -0.3 is 13.8 Å². The third-order valence-corrected chi connectivity index (χ3v) is 5.98. The van der Waals surface area contributed by atoms with E-state index >= 15 is 0 Å². The molecule has 0 aliphatic carbocycles. The van der Waals surface area contributed by atoms with Gasteiger partial charge in [0.05, 0.1) is 21.3 Å². The van der Waals surface area contributed by atoms with Crippen LogP contribution < -0.4 is 16.4 Å². The number of benzene rings is 3. The van der Waals surface area contributed by atoms with Crippen LogP contribution in [0.15, 0.2) is 77.8 Å². The van der Waals surface area contributed by atoms with E-state index in [1.807, 2.05) is 69.3 Å². The van der Waals surface area contributed by atoms with E-state index < -0.39 is 11.5 Å². The molecule has 0 atom stereocenters. The summed E-state index contributed by atoms with van der Waals surface area (Å²) >= 11 is 1.27. The van der Waals surface area contributed by atoms with Gasteiger partial charge >= 0.3 is 16.4 Å². The zero-order chi connectivity index (χ0) is 23.5. The molecule has 0 aliphatic rings. The zero-order valence-electron chi connectivity index (χ0n) is 18.1. The highest BCUT2D eigenvalue weighted by Crippen LogP contribution is 2.18. The van der Waals surface area contributed by atoms with Gasteiger partial charge in [-0.25, -0.2) is 9.59 Å². The van der Waals surface area contributed by atoms with Crippen molar-refractivity contribution in [1.82, 2.24) is 15.0 Å². The highest BCUT2D eigenvalue weighted by atomic mass is 32.1. The number of rotatable bonds is 0. The molecule has 0 fully saturated rings. The summed E-state index contributed by atoms with van der Waals surface area (Å²) in [5.74, 6) is -0.788. The maximum absolute atomic E-state index is 10.9. The largest absolute Gasteiger partial charge is 0.417 e. The molecule has 0 bridgehead atoms. The number of aromatic nitrogens is 3. The molecule has 6 aromatic rings. The summed E-state index contributed by atoms with van der Waals surface area (Å²) in [5.41, 5.74) is 6.92. The molecule has 9 heteroatoms. The van der Waals surface area contributed by atoms with Gasteiger partial charge in [-0.3, -0.25) is 14.8 Å². The van der Waals surface area contributed by atoms with E-state index in [9.17, 15) is 14.4 Å². The molecule has 0 saturated carbocycles. The topological polar surface area (TPSA) is 125 Å². The van der Waals surface area contributed by atoms with E-state index in [0.29, 0.717) is 11.2 Å². The molecule has 33 heavy (non-hydrogen) atoms. The number of para-hydroxylation sites is 2. The molecular formula is C24H21N3O5S. The lowest BCUT2D eigenvalue weighted by atomic mass is 10.2. The lowest BCUT2D eigenvalue weighted by molar-refractivity contribution is 0.553. The first-order valence-electron chi connectivity index (χ1n) is 10.1. The van der Waals surface area contributed by atoms with Gasteiger partial charge in [0.1, 0.15) is 0 Å². The van der Waals surface area contributed by atoms with Crippen molar-refractivity contribution >= 4 is 43.8 Å². The molecular weight excluding hydrogens is 442 g/mol. The minimum absolute atomic E-state index is 0.0225. The van der Waals surface area contributed by atoms with E-state index in [4.69, 9.17) is 8.83 Å². The number of H-pyrrole nitrogens is 3. The number of aromatic amines is 3. The Labute approximate surface area is 190 Å². The molecule has 6 rings (SSSR count). The van der Waals surface area contributed by atoms with Crippen molar-refractivity contribution in [3.8, 4) is 0 Å². The van der Waals surface area contributed by atoms with Crippen molar-refractivity contribution in [2.24, 2.45) is 0 Å². The molecule has 0 unspecified atom stereocenters. The van der Waals surface area contributed by atoms with E-state index in [0.717, 1.165) is 37.9 Å². The Morgan fingerprint density at radius 1 is 0.667 bits per heavy atom. The van der Waals surface area contributed by atoms with Crippen molar-refractivity contribution in [2.75, 3.05) is 0 Å². The van der Waals surface area contributed by atoms with E-state index in [1.54, 1.807) is 6.07 Å². The minimum Gasteiger partial charge on any atom is -0.408 e. The minimum atomic E-state index is -0.394. The molecule has 3 heterocycles. The monoisotopic (exact) mass is 463 g/mol. The molecule has 168 valence electrons. The normalized spacial score (nSPS) is 10.6. The molecule has 3 aromatic carbocycles. The fourth-order valence-electron chi connectivity index (χ4n) is 3.34. The van der Waals surface area contributed by atoms with Crippen LogP contribution >= 0.6 is 11.3 Å². The summed E-state index contributed by atoms with van der Waals surface area (Å²) in [5, 5.41) is 0. The number of hydrogen-bond acceptors (Lipinski definition) is 6. The number of hydrogen-bond donors (Lipinski definition) is 3. The van der Waals surface area contributed by atoms with Crippen molar-refractivity contribution < 1.29 is 8.83 Å². The van der Waals surface area contributed by atoms with Crippen LogP contribution in [0.4, 0.5) is 0 Å². The summed E-state index contributed by atoms with van der Waals surface area (Å²) in [6, 6.07) is 17.0. The van der Waals surface area contributed by atoms with Gasteiger partial charge in [-0.2, -0.15) is 0 Å². The molecule has 0 radical (unpaired) electrons. The molecule has 0 spiro atoms. The Kier molecular flexibility index (Phi) is 6.14. The summed E-state index contributed by atoms with van der Waals surface area (Å²) in [7, 11) is 0. The number of nitrogens with one attached hydrogen (secondary N) is 3. The highest BCUT2D eigenvalue weighted by molar-refractivity contribution is 7.16. The van der Waals surface area contributed by atoms with E-state index in [1.165, 1.54) is 11.3 Å². The first kappa shape index (κ1) is 22.1. The van der Waals surface area contributed by atoms with Crippen LogP contribution in [-0.4, -0.2) is 15.0 Å². The predicted molar refractivity (Wildman–Crippen MR) is 130 cm³/mol. The fourth-order valence-corrected chi connectivity index (χ4v) is 4.15. The van der Waals surface area contributed by atoms with Crippen LogP contribution in [0.5, 0.6) is 0 Å². The second-order valence-corrected chi connectivity index (χ2v) is 8.38. The second kappa shape index (κ2) is 9.17. The number of aryl methyl sites for hydroxylation is 3. The van der Waals surface area contributed by atoms with Crippen molar-refractivity contribution in [3.05, 3.63) is 102 Å². The number of fused-ring (bicyclic) bond motifs is 3. The average Bonchev–Trinajstić information content (AvgIpc) is 3.45. The maximum Gasteiger partial charge on any atom is 0.417 e. The Morgan fingerprint density at radius 2 is 1.30 bits per heavy atom. The van der Waals surface area contributed by atoms with Crippen molar-refractivity contribution in [3.63, 3.8) is 0 Å². The van der Waals surface area contributed by atoms with Gasteiger partial charge in [-0.1, -0.05) is 47.7 Å². The Morgan fingerprint density at radius 3 is 2.00 bits per heavy atom. The third-order valence-electron chi connectivity index (χ3n) is 4.95. The quantitative estimate of drug-likeness (QED) is 0.300. The summed E-state index contributed by atoms with van der Waals surface area (Å²) < 4.78 is 10.8. The highest BCUT2D eigenvalue weighted by Gasteiger charge is 2.02. The zero-order valence-corrected chi connectivity index (χ0v) is 19.0. The first-order valence-corrected chi connectivity index (χ1v) is 10.9. The van der Waals surface area contributed by atoms with Gasteiger partial charge in [-0.05, 0) is 55.7 Å². The van der Waals surface area contributed by atoms with Crippen LogP contribution in [0.3, 0.4) is 0 Å². The summed E-state index contributed by atoms with van der Waals surface area (Å²) in [6.07, 6.45) is 0. The smallest absolute Gasteiger partial charge is 0.408 e. The van der Waals surface area contributed by atoms with Gasteiger partial charge in [-0.15, -0.1) is 0 Å². The molecule has 0 aliphatic heterocycles. The number of thiazole rings is 1.